The largest absolute Gasteiger partial charge is 0.337 e. The van der Waals surface area contributed by atoms with E-state index < -0.39 is 4.92 Å². The molecule has 0 bridgehead atoms. The SMILES string of the molecule is CCc1ccc2nc(N(CCCn3ccnc3)C(=O)c3cc4cc([N+](=O)[O-])ccc4s3)sc2c1. The van der Waals surface area contributed by atoms with E-state index in [1.54, 1.807) is 29.6 Å². The number of nitro groups is 1. The molecule has 0 aliphatic carbocycles. The Labute approximate surface area is 203 Å². The maximum Gasteiger partial charge on any atom is 0.270 e. The Balaban J connectivity index is 1.48. The molecular formula is C24H21N5O3S2. The number of amides is 1. The number of rotatable bonds is 8. The molecule has 0 saturated heterocycles. The summed E-state index contributed by atoms with van der Waals surface area (Å²) in [5.74, 6) is -0.149. The lowest BCUT2D eigenvalue weighted by Crippen LogP contribution is -2.31. The lowest BCUT2D eigenvalue weighted by molar-refractivity contribution is -0.384. The number of nitro benzene ring substituents is 1. The van der Waals surface area contributed by atoms with Gasteiger partial charge in [0.25, 0.3) is 11.6 Å². The molecule has 34 heavy (non-hydrogen) atoms. The molecule has 0 aliphatic rings. The van der Waals surface area contributed by atoms with Crippen LogP contribution >= 0.6 is 22.7 Å². The molecule has 0 aliphatic heterocycles. The molecule has 0 atom stereocenters. The predicted molar refractivity (Wildman–Crippen MR) is 136 cm³/mol. The van der Waals surface area contributed by atoms with Crippen LogP contribution in [0.5, 0.6) is 0 Å². The van der Waals surface area contributed by atoms with Gasteiger partial charge in [-0.2, -0.15) is 0 Å². The number of nitrogens with zero attached hydrogens (tertiary/aromatic N) is 5. The van der Waals surface area contributed by atoms with Crippen LogP contribution in [0.4, 0.5) is 10.8 Å². The molecule has 0 radical (unpaired) electrons. The van der Waals surface area contributed by atoms with Crippen LogP contribution in [0.3, 0.4) is 0 Å². The monoisotopic (exact) mass is 491 g/mol. The van der Waals surface area contributed by atoms with Crippen LogP contribution in [0, 0.1) is 10.1 Å². The minimum atomic E-state index is -0.424. The van der Waals surface area contributed by atoms with Crippen molar-refractivity contribution < 1.29 is 9.72 Å². The number of thiazole rings is 1. The Bertz CT molecular complexity index is 1490. The topological polar surface area (TPSA) is 94.2 Å². The second kappa shape index (κ2) is 9.32. The van der Waals surface area contributed by atoms with E-state index in [1.807, 2.05) is 16.8 Å². The van der Waals surface area contributed by atoms with Gasteiger partial charge >= 0.3 is 0 Å². The van der Waals surface area contributed by atoms with E-state index in [2.05, 4.69) is 24.0 Å². The maximum absolute atomic E-state index is 13.7. The highest BCUT2D eigenvalue weighted by Gasteiger charge is 2.23. The summed E-state index contributed by atoms with van der Waals surface area (Å²) in [5.41, 5.74) is 2.11. The number of hydrogen-bond acceptors (Lipinski definition) is 7. The summed E-state index contributed by atoms with van der Waals surface area (Å²) >= 11 is 2.85. The molecule has 5 rings (SSSR count). The molecule has 0 fully saturated rings. The number of fused-ring (bicyclic) bond motifs is 2. The molecule has 8 nitrogen and oxygen atoms in total. The summed E-state index contributed by atoms with van der Waals surface area (Å²) in [6.07, 6.45) is 7.06. The first kappa shape index (κ1) is 22.2. The Morgan fingerprint density at radius 2 is 2.03 bits per heavy atom. The van der Waals surface area contributed by atoms with Crippen LogP contribution in [-0.2, 0) is 13.0 Å². The van der Waals surface area contributed by atoms with Crippen molar-refractivity contribution in [1.29, 1.82) is 0 Å². The lowest BCUT2D eigenvalue weighted by Gasteiger charge is -2.19. The molecule has 0 unspecified atom stereocenters. The van der Waals surface area contributed by atoms with Gasteiger partial charge in [-0.05, 0) is 42.7 Å². The standard InChI is InChI=1S/C24H21N5O3S2/c1-2-16-4-6-19-21(12-16)34-24(26-19)28(10-3-9-27-11-8-25-15-27)23(30)22-14-17-13-18(29(31)32)5-7-20(17)33-22/h4-8,11-15H,2-3,9-10H2,1H3. The molecule has 3 heterocycles. The number of benzene rings is 2. The molecular weight excluding hydrogens is 470 g/mol. The van der Waals surface area contributed by atoms with Gasteiger partial charge in [0, 0.05) is 47.7 Å². The van der Waals surface area contributed by atoms with Crippen molar-refractivity contribution in [2.45, 2.75) is 26.3 Å². The van der Waals surface area contributed by atoms with Crippen molar-refractivity contribution in [2.75, 3.05) is 11.4 Å². The zero-order valence-corrected chi connectivity index (χ0v) is 20.0. The number of anilines is 1. The normalized spacial score (nSPS) is 11.3. The fourth-order valence-corrected chi connectivity index (χ4v) is 5.84. The average Bonchev–Trinajstić information content (AvgIpc) is 3.59. The molecule has 1 amide bonds. The van der Waals surface area contributed by atoms with Gasteiger partial charge < -0.3 is 4.57 Å². The van der Waals surface area contributed by atoms with E-state index in [0.29, 0.717) is 21.9 Å². The summed E-state index contributed by atoms with van der Waals surface area (Å²) in [6, 6.07) is 12.6. The third-order valence-electron chi connectivity index (χ3n) is 5.60. The molecule has 5 aromatic rings. The number of non-ortho nitro benzene ring substituents is 1. The van der Waals surface area contributed by atoms with Crippen LogP contribution in [0.25, 0.3) is 20.3 Å². The minimum absolute atomic E-state index is 0.0133. The van der Waals surface area contributed by atoms with Crippen molar-refractivity contribution in [3.05, 3.63) is 81.7 Å². The molecule has 10 heteroatoms. The first-order valence-electron chi connectivity index (χ1n) is 10.9. The number of imidazole rings is 1. The number of thiophene rings is 1. The van der Waals surface area contributed by atoms with Crippen LogP contribution in [-0.4, -0.2) is 31.9 Å². The Morgan fingerprint density at radius 1 is 1.15 bits per heavy atom. The van der Waals surface area contributed by atoms with Crippen molar-refractivity contribution in [2.24, 2.45) is 0 Å². The summed E-state index contributed by atoms with van der Waals surface area (Å²) in [5, 5.41) is 12.5. The number of carbonyl (C=O) groups is 1. The number of carbonyl (C=O) groups excluding carboxylic acids is 1. The molecule has 0 saturated carbocycles. The van der Waals surface area contributed by atoms with E-state index >= 15 is 0 Å². The highest BCUT2D eigenvalue weighted by Crippen LogP contribution is 2.34. The van der Waals surface area contributed by atoms with Gasteiger partial charge in [-0.25, -0.2) is 9.97 Å². The average molecular weight is 492 g/mol. The smallest absolute Gasteiger partial charge is 0.270 e. The van der Waals surface area contributed by atoms with Gasteiger partial charge in [0.05, 0.1) is 26.3 Å². The summed E-state index contributed by atoms with van der Waals surface area (Å²) in [7, 11) is 0. The van der Waals surface area contributed by atoms with E-state index in [1.165, 1.54) is 40.4 Å². The van der Waals surface area contributed by atoms with Crippen LogP contribution in [0.1, 0.15) is 28.6 Å². The van der Waals surface area contributed by atoms with Gasteiger partial charge in [0.15, 0.2) is 5.13 Å². The Kier molecular flexibility index (Phi) is 6.08. The second-order valence-corrected chi connectivity index (χ2v) is 9.95. The Hall–Kier alpha value is -3.63. The van der Waals surface area contributed by atoms with Gasteiger partial charge in [-0.15, -0.1) is 11.3 Å². The van der Waals surface area contributed by atoms with E-state index in [0.717, 1.165) is 34.3 Å². The third-order valence-corrected chi connectivity index (χ3v) is 7.75. The van der Waals surface area contributed by atoms with Crippen molar-refractivity contribution >= 4 is 59.7 Å². The quantitative estimate of drug-likeness (QED) is 0.198. The minimum Gasteiger partial charge on any atom is -0.337 e. The summed E-state index contributed by atoms with van der Waals surface area (Å²) in [6.45, 7) is 3.33. The number of aromatic nitrogens is 3. The summed E-state index contributed by atoms with van der Waals surface area (Å²) < 4.78 is 3.87. The highest BCUT2D eigenvalue weighted by molar-refractivity contribution is 7.23. The predicted octanol–water partition coefficient (Wildman–Crippen LogP) is 5.92. The zero-order valence-electron chi connectivity index (χ0n) is 18.4. The zero-order chi connectivity index (χ0) is 23.7. The van der Waals surface area contributed by atoms with Crippen LogP contribution < -0.4 is 4.90 Å². The third kappa shape index (κ3) is 4.42. The molecule has 3 aromatic heterocycles. The molecule has 0 N–H and O–H groups in total. The van der Waals surface area contributed by atoms with Gasteiger partial charge in [-0.3, -0.25) is 19.8 Å². The van der Waals surface area contributed by atoms with Crippen molar-refractivity contribution in [1.82, 2.24) is 14.5 Å². The van der Waals surface area contributed by atoms with Gasteiger partial charge in [-0.1, -0.05) is 24.3 Å². The maximum atomic E-state index is 13.7. The fraction of sp³-hybridized carbons (Fsp3) is 0.208. The highest BCUT2D eigenvalue weighted by atomic mass is 32.1. The van der Waals surface area contributed by atoms with E-state index in [-0.39, 0.29) is 11.6 Å². The van der Waals surface area contributed by atoms with Crippen LogP contribution in [0.15, 0.2) is 61.2 Å². The van der Waals surface area contributed by atoms with Gasteiger partial charge in [0.1, 0.15) is 0 Å². The van der Waals surface area contributed by atoms with Crippen molar-refractivity contribution in [3.63, 3.8) is 0 Å². The van der Waals surface area contributed by atoms with Crippen LogP contribution in [0.2, 0.25) is 0 Å². The molecule has 0 spiro atoms. The first-order valence-corrected chi connectivity index (χ1v) is 12.5. The Morgan fingerprint density at radius 3 is 2.79 bits per heavy atom. The number of hydrogen-bond donors (Lipinski definition) is 0. The first-order chi connectivity index (χ1) is 16.5. The molecule has 2 aromatic carbocycles. The van der Waals surface area contributed by atoms with E-state index in [9.17, 15) is 14.9 Å². The molecule has 172 valence electrons. The lowest BCUT2D eigenvalue weighted by atomic mass is 10.2. The number of aryl methyl sites for hydroxylation is 2. The summed E-state index contributed by atoms with van der Waals surface area (Å²) in [4.78, 5) is 35.5. The van der Waals surface area contributed by atoms with Gasteiger partial charge in [0.2, 0.25) is 0 Å². The fourth-order valence-electron chi connectivity index (χ4n) is 3.79. The van der Waals surface area contributed by atoms with E-state index in [4.69, 9.17) is 4.98 Å². The van der Waals surface area contributed by atoms with Crippen molar-refractivity contribution in [3.8, 4) is 0 Å². The second-order valence-electron chi connectivity index (χ2n) is 7.85.